The SMILES string of the molecule is COc1ccccc1NS(=O)(=O)c1ccc(OC)c(C(=O)N2CCCC2)c1. The van der Waals surface area contributed by atoms with Crippen LogP contribution < -0.4 is 14.2 Å². The minimum Gasteiger partial charge on any atom is -0.496 e. The van der Waals surface area contributed by atoms with Crippen LogP contribution in [0.5, 0.6) is 11.5 Å². The zero-order valence-electron chi connectivity index (χ0n) is 15.3. The van der Waals surface area contributed by atoms with E-state index in [0.717, 1.165) is 12.8 Å². The summed E-state index contributed by atoms with van der Waals surface area (Å²) in [5.41, 5.74) is 0.561. The molecular weight excluding hydrogens is 368 g/mol. The number of benzene rings is 2. The molecule has 1 amide bonds. The molecule has 27 heavy (non-hydrogen) atoms. The Balaban J connectivity index is 1.95. The monoisotopic (exact) mass is 390 g/mol. The minimum absolute atomic E-state index is 0.0169. The first-order chi connectivity index (χ1) is 13.0. The summed E-state index contributed by atoms with van der Waals surface area (Å²) in [6.07, 6.45) is 1.89. The Labute approximate surface area is 158 Å². The number of sulfonamides is 1. The van der Waals surface area contributed by atoms with Crippen LogP contribution in [-0.2, 0) is 10.0 Å². The van der Waals surface area contributed by atoms with Crippen molar-refractivity contribution in [3.63, 3.8) is 0 Å². The highest BCUT2D eigenvalue weighted by atomic mass is 32.2. The average molecular weight is 390 g/mol. The first-order valence-electron chi connectivity index (χ1n) is 8.59. The minimum atomic E-state index is -3.91. The first-order valence-corrected chi connectivity index (χ1v) is 10.1. The van der Waals surface area contributed by atoms with Crippen LogP contribution in [0.2, 0.25) is 0 Å². The van der Waals surface area contributed by atoms with Gasteiger partial charge in [0.15, 0.2) is 0 Å². The normalized spacial score (nSPS) is 14.1. The molecule has 1 aliphatic heterocycles. The van der Waals surface area contributed by atoms with E-state index in [4.69, 9.17) is 9.47 Å². The number of nitrogens with one attached hydrogen (secondary N) is 1. The summed E-state index contributed by atoms with van der Waals surface area (Å²) in [5, 5.41) is 0. The molecule has 0 bridgehead atoms. The standard InChI is InChI=1S/C19H22N2O5S/c1-25-17-10-9-14(13-15(17)19(22)21-11-5-6-12-21)27(23,24)20-16-7-3-4-8-18(16)26-2/h3-4,7-10,13,20H,5-6,11-12H2,1-2H3. The highest BCUT2D eigenvalue weighted by Gasteiger charge is 2.25. The van der Waals surface area contributed by atoms with Crippen molar-refractivity contribution >= 4 is 21.6 Å². The van der Waals surface area contributed by atoms with Gasteiger partial charge in [0.2, 0.25) is 0 Å². The van der Waals surface area contributed by atoms with Crippen LogP contribution in [-0.4, -0.2) is 46.5 Å². The summed E-state index contributed by atoms with van der Waals surface area (Å²) in [7, 11) is -0.985. The summed E-state index contributed by atoms with van der Waals surface area (Å²) < 4.78 is 38.6. The van der Waals surface area contributed by atoms with Gasteiger partial charge >= 0.3 is 0 Å². The number of para-hydroxylation sites is 2. The van der Waals surface area contributed by atoms with Gasteiger partial charge in [0.1, 0.15) is 11.5 Å². The number of nitrogens with zero attached hydrogens (tertiary/aromatic N) is 1. The molecule has 0 atom stereocenters. The fraction of sp³-hybridized carbons (Fsp3) is 0.316. The van der Waals surface area contributed by atoms with E-state index in [0.29, 0.717) is 30.3 Å². The second kappa shape index (κ2) is 7.87. The Bertz CT molecular complexity index is 937. The highest BCUT2D eigenvalue weighted by Crippen LogP contribution is 2.29. The zero-order valence-corrected chi connectivity index (χ0v) is 16.1. The van der Waals surface area contributed by atoms with Gasteiger partial charge in [-0.15, -0.1) is 0 Å². The van der Waals surface area contributed by atoms with Gasteiger partial charge < -0.3 is 14.4 Å². The number of amides is 1. The Morgan fingerprint density at radius 2 is 1.67 bits per heavy atom. The summed E-state index contributed by atoms with van der Waals surface area (Å²) in [4.78, 5) is 14.5. The third-order valence-electron chi connectivity index (χ3n) is 4.46. The zero-order chi connectivity index (χ0) is 19.4. The number of carbonyl (C=O) groups excluding carboxylic acids is 1. The van der Waals surface area contributed by atoms with Gasteiger partial charge in [0.25, 0.3) is 15.9 Å². The highest BCUT2D eigenvalue weighted by molar-refractivity contribution is 7.92. The Kier molecular flexibility index (Phi) is 5.55. The van der Waals surface area contributed by atoms with E-state index in [1.807, 2.05) is 0 Å². The summed E-state index contributed by atoms with van der Waals surface area (Å²) >= 11 is 0. The molecule has 2 aromatic rings. The maximum absolute atomic E-state index is 12.8. The van der Waals surface area contributed by atoms with Gasteiger partial charge in [0, 0.05) is 13.1 Å². The van der Waals surface area contributed by atoms with Gasteiger partial charge in [-0.05, 0) is 43.2 Å². The number of methoxy groups -OCH3 is 2. The molecule has 0 spiro atoms. The molecule has 1 aliphatic rings. The lowest BCUT2D eigenvalue weighted by molar-refractivity contribution is 0.0789. The van der Waals surface area contributed by atoms with Gasteiger partial charge in [0.05, 0.1) is 30.4 Å². The molecule has 1 heterocycles. The van der Waals surface area contributed by atoms with Gasteiger partial charge in [-0.3, -0.25) is 9.52 Å². The largest absolute Gasteiger partial charge is 0.496 e. The third kappa shape index (κ3) is 4.00. The fourth-order valence-corrected chi connectivity index (χ4v) is 4.14. The van der Waals surface area contributed by atoms with Crippen molar-refractivity contribution in [3.05, 3.63) is 48.0 Å². The topological polar surface area (TPSA) is 84.9 Å². The molecule has 1 fully saturated rings. The van der Waals surface area contributed by atoms with E-state index in [-0.39, 0.29) is 16.4 Å². The molecule has 0 unspecified atom stereocenters. The molecule has 0 radical (unpaired) electrons. The first kappa shape index (κ1) is 19.0. The Morgan fingerprint density at radius 1 is 1.00 bits per heavy atom. The molecule has 0 aliphatic carbocycles. The second-order valence-corrected chi connectivity index (χ2v) is 7.85. The molecule has 7 nitrogen and oxygen atoms in total. The van der Waals surface area contributed by atoms with E-state index in [1.165, 1.54) is 32.4 Å². The fourth-order valence-electron chi connectivity index (χ4n) is 3.04. The van der Waals surface area contributed by atoms with E-state index >= 15 is 0 Å². The molecular formula is C19H22N2O5S. The summed E-state index contributed by atoms with van der Waals surface area (Å²) in [6, 6.07) is 11.0. The number of likely N-dealkylation sites (tertiary alicyclic amines) is 1. The Morgan fingerprint density at radius 3 is 2.33 bits per heavy atom. The number of ether oxygens (including phenoxy) is 2. The van der Waals surface area contributed by atoms with Crippen LogP contribution in [0.1, 0.15) is 23.2 Å². The molecule has 2 aromatic carbocycles. The molecule has 0 saturated carbocycles. The van der Waals surface area contributed by atoms with Crippen molar-refractivity contribution in [2.24, 2.45) is 0 Å². The van der Waals surface area contributed by atoms with Gasteiger partial charge in [-0.1, -0.05) is 12.1 Å². The van der Waals surface area contributed by atoms with Crippen molar-refractivity contribution in [3.8, 4) is 11.5 Å². The summed E-state index contributed by atoms with van der Waals surface area (Å²) in [6.45, 7) is 1.33. The predicted molar refractivity (Wildman–Crippen MR) is 102 cm³/mol. The quantitative estimate of drug-likeness (QED) is 0.820. The number of anilines is 1. The smallest absolute Gasteiger partial charge is 0.262 e. The van der Waals surface area contributed by atoms with Crippen molar-refractivity contribution < 1.29 is 22.7 Å². The van der Waals surface area contributed by atoms with Crippen LogP contribution >= 0.6 is 0 Å². The van der Waals surface area contributed by atoms with Crippen LogP contribution in [0.15, 0.2) is 47.4 Å². The lowest BCUT2D eigenvalue weighted by atomic mass is 10.1. The molecule has 3 rings (SSSR count). The van der Waals surface area contributed by atoms with Crippen LogP contribution in [0, 0.1) is 0 Å². The van der Waals surface area contributed by atoms with Gasteiger partial charge in [-0.2, -0.15) is 0 Å². The number of rotatable bonds is 6. The average Bonchev–Trinajstić information content (AvgIpc) is 3.22. The van der Waals surface area contributed by atoms with Crippen molar-refractivity contribution in [1.82, 2.24) is 4.90 Å². The molecule has 1 N–H and O–H groups in total. The number of hydrogen-bond donors (Lipinski definition) is 1. The number of hydrogen-bond acceptors (Lipinski definition) is 5. The lowest BCUT2D eigenvalue weighted by Gasteiger charge is -2.18. The lowest BCUT2D eigenvalue weighted by Crippen LogP contribution is -2.28. The van der Waals surface area contributed by atoms with Crippen molar-refractivity contribution in [2.75, 3.05) is 32.0 Å². The van der Waals surface area contributed by atoms with Crippen LogP contribution in [0.25, 0.3) is 0 Å². The van der Waals surface area contributed by atoms with E-state index in [1.54, 1.807) is 29.2 Å². The van der Waals surface area contributed by atoms with Crippen molar-refractivity contribution in [1.29, 1.82) is 0 Å². The molecule has 1 saturated heterocycles. The van der Waals surface area contributed by atoms with E-state index < -0.39 is 10.0 Å². The second-order valence-electron chi connectivity index (χ2n) is 6.17. The molecule has 0 aromatic heterocycles. The Hall–Kier alpha value is -2.74. The van der Waals surface area contributed by atoms with Gasteiger partial charge in [-0.25, -0.2) is 8.42 Å². The van der Waals surface area contributed by atoms with Crippen LogP contribution in [0.3, 0.4) is 0 Å². The summed E-state index contributed by atoms with van der Waals surface area (Å²) in [5.74, 6) is 0.532. The maximum atomic E-state index is 12.8. The third-order valence-corrected chi connectivity index (χ3v) is 5.82. The van der Waals surface area contributed by atoms with Crippen molar-refractivity contribution in [2.45, 2.75) is 17.7 Å². The van der Waals surface area contributed by atoms with Crippen LogP contribution in [0.4, 0.5) is 5.69 Å². The molecule has 8 heteroatoms. The van der Waals surface area contributed by atoms with E-state index in [2.05, 4.69) is 4.72 Å². The van der Waals surface area contributed by atoms with E-state index in [9.17, 15) is 13.2 Å². The predicted octanol–water partition coefficient (Wildman–Crippen LogP) is 2.74. The number of carbonyl (C=O) groups is 1. The maximum Gasteiger partial charge on any atom is 0.262 e. The molecule has 144 valence electrons.